The minimum absolute atomic E-state index is 0.00216. The maximum absolute atomic E-state index is 12.6. The van der Waals surface area contributed by atoms with Crippen LogP contribution in [-0.2, 0) is 21.4 Å². The van der Waals surface area contributed by atoms with Gasteiger partial charge in [-0.25, -0.2) is 8.42 Å². The van der Waals surface area contributed by atoms with Crippen molar-refractivity contribution in [3.8, 4) is 0 Å². The summed E-state index contributed by atoms with van der Waals surface area (Å²) < 4.78 is 26.7. The molecule has 26 heavy (non-hydrogen) atoms. The van der Waals surface area contributed by atoms with Crippen LogP contribution in [0, 0.1) is 12.8 Å². The van der Waals surface area contributed by atoms with E-state index < -0.39 is 10.0 Å². The molecule has 1 saturated heterocycles. The number of rotatable bonds is 5. The zero-order valence-corrected chi connectivity index (χ0v) is 15.7. The highest BCUT2D eigenvalue weighted by Gasteiger charge is 2.31. The predicted molar refractivity (Wildman–Crippen MR) is 101 cm³/mol. The van der Waals surface area contributed by atoms with Crippen molar-refractivity contribution in [3.63, 3.8) is 0 Å². The Morgan fingerprint density at radius 2 is 1.65 bits per heavy atom. The lowest BCUT2D eigenvalue weighted by molar-refractivity contribution is -0.126. The van der Waals surface area contributed by atoms with Crippen molar-refractivity contribution in [3.05, 3.63) is 65.7 Å². The molecule has 0 saturated carbocycles. The maximum Gasteiger partial charge on any atom is 0.243 e. The minimum atomic E-state index is -3.47. The molecule has 2 aromatic rings. The van der Waals surface area contributed by atoms with Gasteiger partial charge in [-0.3, -0.25) is 4.79 Å². The van der Waals surface area contributed by atoms with Crippen LogP contribution in [0.3, 0.4) is 0 Å². The molecule has 0 aliphatic carbocycles. The molecule has 0 unspecified atom stereocenters. The van der Waals surface area contributed by atoms with E-state index in [-0.39, 0.29) is 11.8 Å². The number of amides is 1. The van der Waals surface area contributed by atoms with Crippen molar-refractivity contribution in [2.24, 2.45) is 5.92 Å². The van der Waals surface area contributed by atoms with E-state index in [1.54, 1.807) is 30.3 Å². The van der Waals surface area contributed by atoms with Crippen molar-refractivity contribution >= 4 is 15.9 Å². The first-order chi connectivity index (χ1) is 12.5. The van der Waals surface area contributed by atoms with Crippen LogP contribution in [-0.4, -0.2) is 31.7 Å². The van der Waals surface area contributed by atoms with E-state index >= 15 is 0 Å². The summed E-state index contributed by atoms with van der Waals surface area (Å²) in [5.74, 6) is -0.134. The van der Waals surface area contributed by atoms with Gasteiger partial charge in [0.05, 0.1) is 4.90 Å². The van der Waals surface area contributed by atoms with Crippen LogP contribution in [0.5, 0.6) is 0 Å². The van der Waals surface area contributed by atoms with Gasteiger partial charge in [0.1, 0.15) is 0 Å². The summed E-state index contributed by atoms with van der Waals surface area (Å²) in [5.41, 5.74) is 2.25. The van der Waals surface area contributed by atoms with Crippen molar-refractivity contribution in [2.75, 3.05) is 13.1 Å². The lowest BCUT2D eigenvalue weighted by atomic mass is 9.97. The Labute approximate surface area is 155 Å². The molecule has 1 fully saturated rings. The fourth-order valence-electron chi connectivity index (χ4n) is 3.14. The molecule has 0 spiro atoms. The van der Waals surface area contributed by atoms with Crippen molar-refractivity contribution in [1.82, 2.24) is 9.62 Å². The summed E-state index contributed by atoms with van der Waals surface area (Å²) in [7, 11) is -3.47. The van der Waals surface area contributed by atoms with Crippen LogP contribution in [0.15, 0.2) is 59.5 Å². The molecular formula is C20H24N2O3S. The molecule has 138 valence electrons. The normalized spacial score (nSPS) is 16.3. The lowest BCUT2D eigenvalue weighted by Gasteiger charge is -2.30. The van der Waals surface area contributed by atoms with Crippen LogP contribution in [0.25, 0.3) is 0 Å². The fraction of sp³-hybridized carbons (Fsp3) is 0.350. The van der Waals surface area contributed by atoms with Gasteiger partial charge in [-0.1, -0.05) is 48.0 Å². The molecule has 0 radical (unpaired) electrons. The highest BCUT2D eigenvalue weighted by atomic mass is 32.2. The van der Waals surface area contributed by atoms with E-state index in [1.807, 2.05) is 31.2 Å². The van der Waals surface area contributed by atoms with Crippen molar-refractivity contribution in [2.45, 2.75) is 31.2 Å². The van der Waals surface area contributed by atoms with Gasteiger partial charge >= 0.3 is 0 Å². The Bertz CT molecular complexity index is 840. The first-order valence-corrected chi connectivity index (χ1v) is 10.3. The van der Waals surface area contributed by atoms with E-state index in [4.69, 9.17) is 0 Å². The summed E-state index contributed by atoms with van der Waals surface area (Å²) in [5, 5.41) is 2.97. The number of benzene rings is 2. The van der Waals surface area contributed by atoms with Gasteiger partial charge in [-0.2, -0.15) is 4.31 Å². The number of nitrogens with one attached hydrogen (secondary N) is 1. The zero-order chi connectivity index (χ0) is 18.6. The smallest absolute Gasteiger partial charge is 0.243 e. The lowest BCUT2D eigenvalue weighted by Crippen LogP contribution is -2.42. The molecule has 1 aliphatic heterocycles. The summed E-state index contributed by atoms with van der Waals surface area (Å²) >= 11 is 0. The molecule has 6 heteroatoms. The Morgan fingerprint density at radius 1 is 1.04 bits per heavy atom. The number of aryl methyl sites for hydroxylation is 1. The van der Waals surface area contributed by atoms with E-state index in [1.165, 1.54) is 9.87 Å². The fourth-order valence-corrected chi connectivity index (χ4v) is 4.63. The number of hydrogen-bond donors (Lipinski definition) is 1. The molecule has 1 N–H and O–H groups in total. The number of nitrogens with zero attached hydrogens (tertiary/aromatic N) is 1. The topological polar surface area (TPSA) is 66.5 Å². The SMILES string of the molecule is Cc1ccc(CNC(=O)C2CCN(S(=O)(=O)c3ccccc3)CC2)cc1. The Balaban J connectivity index is 1.53. The quantitative estimate of drug-likeness (QED) is 0.878. The largest absolute Gasteiger partial charge is 0.352 e. The molecule has 0 aromatic heterocycles. The number of sulfonamides is 1. The van der Waals surface area contributed by atoms with E-state index in [2.05, 4.69) is 5.32 Å². The van der Waals surface area contributed by atoms with Crippen molar-refractivity contribution < 1.29 is 13.2 Å². The monoisotopic (exact) mass is 372 g/mol. The van der Waals surface area contributed by atoms with Gasteiger partial charge in [-0.15, -0.1) is 0 Å². The molecule has 0 bridgehead atoms. The number of piperidine rings is 1. The Kier molecular flexibility index (Phi) is 5.74. The molecule has 1 aliphatic rings. The third-order valence-corrected chi connectivity index (χ3v) is 6.71. The van der Waals surface area contributed by atoms with Gasteiger partial charge in [0, 0.05) is 25.6 Å². The molecular weight excluding hydrogens is 348 g/mol. The maximum atomic E-state index is 12.6. The van der Waals surface area contributed by atoms with Crippen LogP contribution >= 0.6 is 0 Å². The summed E-state index contributed by atoms with van der Waals surface area (Å²) in [4.78, 5) is 12.7. The van der Waals surface area contributed by atoms with E-state index in [0.717, 1.165) is 5.56 Å². The molecule has 1 heterocycles. The molecule has 2 aromatic carbocycles. The van der Waals surface area contributed by atoms with Crippen molar-refractivity contribution in [1.29, 1.82) is 0 Å². The van der Waals surface area contributed by atoms with Crippen LogP contribution in [0.4, 0.5) is 0 Å². The average Bonchev–Trinajstić information content (AvgIpc) is 2.68. The van der Waals surface area contributed by atoms with Gasteiger partial charge < -0.3 is 5.32 Å². The Hall–Kier alpha value is -2.18. The van der Waals surface area contributed by atoms with Gasteiger partial charge in [-0.05, 0) is 37.5 Å². The third-order valence-electron chi connectivity index (χ3n) is 4.79. The standard InChI is InChI=1S/C20H24N2O3S/c1-16-7-9-17(10-8-16)15-21-20(23)18-11-13-22(14-12-18)26(24,25)19-5-3-2-4-6-19/h2-10,18H,11-15H2,1H3,(H,21,23). The number of carbonyl (C=O) groups excluding carboxylic acids is 1. The summed E-state index contributed by atoms with van der Waals surface area (Å²) in [6, 6.07) is 16.5. The van der Waals surface area contributed by atoms with Crippen LogP contribution in [0.1, 0.15) is 24.0 Å². The van der Waals surface area contributed by atoms with E-state index in [0.29, 0.717) is 37.4 Å². The van der Waals surface area contributed by atoms with Crippen LogP contribution in [0.2, 0.25) is 0 Å². The first-order valence-electron chi connectivity index (χ1n) is 8.85. The highest BCUT2D eigenvalue weighted by Crippen LogP contribution is 2.23. The molecule has 3 rings (SSSR count). The van der Waals surface area contributed by atoms with E-state index in [9.17, 15) is 13.2 Å². The second kappa shape index (κ2) is 8.01. The number of carbonyl (C=O) groups is 1. The predicted octanol–water partition coefficient (Wildman–Crippen LogP) is 2.71. The van der Waals surface area contributed by atoms with Crippen LogP contribution < -0.4 is 5.32 Å². The molecule has 1 amide bonds. The summed E-state index contributed by atoms with van der Waals surface area (Å²) in [6.07, 6.45) is 1.09. The molecule has 0 atom stereocenters. The second-order valence-corrected chi connectivity index (χ2v) is 8.63. The Morgan fingerprint density at radius 3 is 2.27 bits per heavy atom. The first kappa shape index (κ1) is 18.6. The third kappa shape index (κ3) is 4.31. The minimum Gasteiger partial charge on any atom is -0.352 e. The molecule has 5 nitrogen and oxygen atoms in total. The highest BCUT2D eigenvalue weighted by molar-refractivity contribution is 7.89. The van der Waals surface area contributed by atoms with Gasteiger partial charge in [0.25, 0.3) is 0 Å². The zero-order valence-electron chi connectivity index (χ0n) is 14.9. The van der Waals surface area contributed by atoms with Gasteiger partial charge in [0.15, 0.2) is 0 Å². The average molecular weight is 372 g/mol. The second-order valence-electron chi connectivity index (χ2n) is 6.69. The van der Waals surface area contributed by atoms with Gasteiger partial charge in [0.2, 0.25) is 15.9 Å². The summed E-state index contributed by atoms with van der Waals surface area (Å²) in [6.45, 7) is 3.28. The number of hydrogen-bond acceptors (Lipinski definition) is 3.